The van der Waals surface area contributed by atoms with Crippen LogP contribution in [0.15, 0.2) is 12.2 Å². The highest BCUT2D eigenvalue weighted by Gasteiger charge is 2.72. The number of rotatable bonds is 4. The molecule has 0 amide bonds. The van der Waals surface area contributed by atoms with Crippen LogP contribution in [0.5, 0.6) is 0 Å². The number of carbonyl (C=O) groups is 1. The third-order valence-electron chi connectivity index (χ3n) is 11.1. The van der Waals surface area contributed by atoms with E-state index in [1.807, 2.05) is 0 Å². The maximum absolute atomic E-state index is 13.5. The lowest BCUT2D eigenvalue weighted by molar-refractivity contribution is -0.300. The highest BCUT2D eigenvalue weighted by molar-refractivity contribution is 5.80. The van der Waals surface area contributed by atoms with Gasteiger partial charge in [-0.05, 0) is 79.4 Å². The Bertz CT molecular complexity index is 758. The topological polar surface area (TPSA) is 55.8 Å². The van der Waals surface area contributed by atoms with Crippen molar-refractivity contribution in [2.45, 2.75) is 71.5 Å². The molecule has 0 heterocycles. The van der Waals surface area contributed by atoms with Crippen LogP contribution in [0.25, 0.3) is 0 Å². The summed E-state index contributed by atoms with van der Waals surface area (Å²) in [7, 11) is 0. The van der Waals surface area contributed by atoms with E-state index < -0.39 is 5.79 Å². The largest absolute Gasteiger partial charge is 0.438 e. The Balaban J connectivity index is 1.19. The lowest BCUT2D eigenvalue weighted by atomic mass is 9.61. The summed E-state index contributed by atoms with van der Waals surface area (Å²) < 4.78 is 11.8. The molecule has 4 heteroatoms. The van der Waals surface area contributed by atoms with E-state index in [9.17, 15) is 9.90 Å². The molecule has 0 aromatic rings. The van der Waals surface area contributed by atoms with Crippen LogP contribution in [0.1, 0.15) is 65.7 Å². The molecule has 5 saturated carbocycles. The fourth-order valence-corrected chi connectivity index (χ4v) is 9.23. The van der Waals surface area contributed by atoms with Gasteiger partial charge in [-0.15, -0.1) is 0 Å². The molecular weight excluding hydrogens is 352 g/mol. The second-order valence-corrected chi connectivity index (χ2v) is 11.6. The molecule has 0 aromatic carbocycles. The Morgan fingerprint density at radius 2 is 1.93 bits per heavy atom. The first-order valence-electron chi connectivity index (χ1n) is 11.5. The standard InChI is InChI=1S/C24H34O4/c1-21(2)18-8-9-22(21,3)23(26,12-18)28-13-27-20(25)24-16-6-4-14(10-16)19(24)15-5-7-17(24)11-15/h4,6,14-19,26H,5,7-13H2,1-3H3. The minimum absolute atomic E-state index is 0.0438. The van der Waals surface area contributed by atoms with Gasteiger partial charge in [-0.3, -0.25) is 4.79 Å². The molecule has 6 aliphatic rings. The number of ether oxygens (including phenoxy) is 2. The second kappa shape index (κ2) is 5.24. The van der Waals surface area contributed by atoms with E-state index in [0.29, 0.717) is 41.9 Å². The van der Waals surface area contributed by atoms with Gasteiger partial charge in [0.05, 0.1) is 5.41 Å². The summed E-state index contributed by atoms with van der Waals surface area (Å²) in [4.78, 5) is 13.5. The Labute approximate surface area is 168 Å². The Kier molecular flexibility index (Phi) is 3.36. The average Bonchev–Trinajstić information content (AvgIpc) is 3.45. The minimum Gasteiger partial charge on any atom is -0.438 e. The van der Waals surface area contributed by atoms with Gasteiger partial charge >= 0.3 is 5.97 Å². The van der Waals surface area contributed by atoms with Crippen molar-refractivity contribution in [3.05, 3.63) is 12.2 Å². The van der Waals surface area contributed by atoms with Gasteiger partial charge in [-0.1, -0.05) is 32.9 Å². The third-order valence-corrected chi connectivity index (χ3v) is 11.1. The van der Waals surface area contributed by atoms with Crippen molar-refractivity contribution in [2.75, 3.05) is 6.79 Å². The van der Waals surface area contributed by atoms with Gasteiger partial charge < -0.3 is 14.6 Å². The zero-order chi connectivity index (χ0) is 19.5. The van der Waals surface area contributed by atoms with Gasteiger partial charge in [0.2, 0.25) is 0 Å². The molecule has 5 fully saturated rings. The third kappa shape index (κ3) is 1.76. The van der Waals surface area contributed by atoms with Crippen molar-refractivity contribution in [3.63, 3.8) is 0 Å². The van der Waals surface area contributed by atoms with E-state index in [4.69, 9.17) is 9.47 Å². The monoisotopic (exact) mass is 386 g/mol. The first kappa shape index (κ1) is 17.9. The van der Waals surface area contributed by atoms with Gasteiger partial charge in [-0.2, -0.15) is 0 Å². The van der Waals surface area contributed by atoms with E-state index in [1.165, 1.54) is 19.3 Å². The Hall–Kier alpha value is -0.870. The van der Waals surface area contributed by atoms with Crippen LogP contribution < -0.4 is 0 Å². The molecular formula is C24H34O4. The molecule has 6 aliphatic carbocycles. The van der Waals surface area contributed by atoms with Crippen molar-refractivity contribution < 1.29 is 19.4 Å². The predicted molar refractivity (Wildman–Crippen MR) is 104 cm³/mol. The zero-order valence-corrected chi connectivity index (χ0v) is 17.4. The highest BCUT2D eigenvalue weighted by atomic mass is 16.7. The van der Waals surface area contributed by atoms with Crippen LogP contribution in [-0.4, -0.2) is 23.7 Å². The molecule has 6 bridgehead atoms. The van der Waals surface area contributed by atoms with Crippen molar-refractivity contribution in [1.82, 2.24) is 0 Å². The van der Waals surface area contributed by atoms with Crippen LogP contribution in [0.3, 0.4) is 0 Å². The molecule has 9 atom stereocenters. The number of carbonyl (C=O) groups excluding carboxylic acids is 1. The molecule has 28 heavy (non-hydrogen) atoms. The summed E-state index contributed by atoms with van der Waals surface area (Å²) in [5.41, 5.74) is -0.527. The second-order valence-electron chi connectivity index (χ2n) is 11.6. The molecule has 4 nitrogen and oxygen atoms in total. The molecule has 154 valence electrons. The molecule has 0 aliphatic heterocycles. The average molecular weight is 387 g/mol. The van der Waals surface area contributed by atoms with Crippen molar-refractivity contribution in [3.8, 4) is 0 Å². The maximum atomic E-state index is 13.5. The summed E-state index contributed by atoms with van der Waals surface area (Å²) in [5.74, 6) is 1.84. The van der Waals surface area contributed by atoms with Crippen LogP contribution in [-0.2, 0) is 14.3 Å². The van der Waals surface area contributed by atoms with Crippen molar-refractivity contribution in [2.24, 2.45) is 51.8 Å². The van der Waals surface area contributed by atoms with E-state index in [2.05, 4.69) is 32.9 Å². The smallest absolute Gasteiger partial charge is 0.315 e. The summed E-state index contributed by atoms with van der Waals surface area (Å²) in [6.45, 7) is 6.53. The van der Waals surface area contributed by atoms with Crippen molar-refractivity contribution in [1.29, 1.82) is 0 Å². The molecule has 0 saturated heterocycles. The fourth-order valence-electron chi connectivity index (χ4n) is 9.23. The molecule has 0 aromatic heterocycles. The fraction of sp³-hybridized carbons (Fsp3) is 0.875. The van der Waals surface area contributed by atoms with E-state index in [-0.39, 0.29) is 29.0 Å². The molecule has 0 spiro atoms. The maximum Gasteiger partial charge on any atom is 0.315 e. The van der Waals surface area contributed by atoms with E-state index in [1.54, 1.807) is 0 Å². The van der Waals surface area contributed by atoms with Gasteiger partial charge in [-0.25, -0.2) is 0 Å². The first-order valence-corrected chi connectivity index (χ1v) is 11.5. The number of fused-ring (bicyclic) bond motifs is 11. The molecule has 9 unspecified atom stereocenters. The Morgan fingerprint density at radius 3 is 2.64 bits per heavy atom. The number of hydrogen-bond acceptors (Lipinski definition) is 4. The SMILES string of the molecule is CC1(C)C2CCC1(C)C(O)(OCOC(=O)C13C4C=CC(C4)C1C1CCC3C1)C2. The molecule has 1 N–H and O–H groups in total. The van der Waals surface area contributed by atoms with Gasteiger partial charge in [0, 0.05) is 11.8 Å². The van der Waals surface area contributed by atoms with Crippen LogP contribution in [0.4, 0.5) is 0 Å². The van der Waals surface area contributed by atoms with Crippen LogP contribution >= 0.6 is 0 Å². The highest BCUT2D eigenvalue weighted by Crippen LogP contribution is 2.73. The van der Waals surface area contributed by atoms with Crippen LogP contribution in [0.2, 0.25) is 0 Å². The normalized spacial score (nSPS) is 56.6. The van der Waals surface area contributed by atoms with Crippen molar-refractivity contribution >= 4 is 5.97 Å². The predicted octanol–water partition coefficient (Wildman–Crippen LogP) is 4.28. The summed E-state index contributed by atoms with van der Waals surface area (Å²) in [6.07, 6.45) is 12.2. The summed E-state index contributed by atoms with van der Waals surface area (Å²) >= 11 is 0. The molecule has 0 radical (unpaired) electrons. The summed E-state index contributed by atoms with van der Waals surface area (Å²) in [6, 6.07) is 0. The quantitative estimate of drug-likeness (QED) is 0.339. The number of hydrogen-bond donors (Lipinski definition) is 1. The van der Waals surface area contributed by atoms with Crippen LogP contribution in [0, 0.1) is 51.8 Å². The van der Waals surface area contributed by atoms with Gasteiger partial charge in [0.25, 0.3) is 0 Å². The number of allylic oxidation sites excluding steroid dienone is 2. The van der Waals surface area contributed by atoms with E-state index in [0.717, 1.165) is 19.3 Å². The minimum atomic E-state index is -1.18. The lowest BCUT2D eigenvalue weighted by Gasteiger charge is -2.45. The molecule has 6 rings (SSSR count). The first-order chi connectivity index (χ1) is 13.2. The Morgan fingerprint density at radius 1 is 1.11 bits per heavy atom. The van der Waals surface area contributed by atoms with E-state index >= 15 is 0 Å². The van der Waals surface area contributed by atoms with Gasteiger partial charge in [0.15, 0.2) is 12.6 Å². The van der Waals surface area contributed by atoms with Gasteiger partial charge in [0.1, 0.15) is 0 Å². The number of aliphatic hydroxyl groups is 1. The number of esters is 1. The lowest BCUT2D eigenvalue weighted by Crippen LogP contribution is -2.51. The zero-order valence-electron chi connectivity index (χ0n) is 17.4. The summed E-state index contributed by atoms with van der Waals surface area (Å²) in [5, 5.41) is 11.3.